The Kier molecular flexibility index (Phi) is 7.17. The number of alkyl halides is 3. The Morgan fingerprint density at radius 2 is 1.91 bits per heavy atom. The largest absolute Gasteiger partial charge is 0.416 e. The number of anilines is 2. The molecule has 0 aliphatic carbocycles. The number of halogens is 3. The lowest BCUT2D eigenvalue weighted by Crippen LogP contribution is -2.27. The van der Waals surface area contributed by atoms with Crippen molar-refractivity contribution in [3.05, 3.63) is 59.2 Å². The van der Waals surface area contributed by atoms with Crippen LogP contribution in [0.15, 0.2) is 42.5 Å². The van der Waals surface area contributed by atoms with Gasteiger partial charge in [0.25, 0.3) is 5.91 Å². The summed E-state index contributed by atoms with van der Waals surface area (Å²) in [5.41, 5.74) is 0.147. The lowest BCUT2D eigenvalue weighted by molar-refractivity contribution is -0.137. The molecule has 6 nitrogen and oxygen atoms in total. The van der Waals surface area contributed by atoms with E-state index in [4.69, 9.17) is 0 Å². The maximum Gasteiger partial charge on any atom is 0.416 e. The zero-order valence-electron chi connectivity index (χ0n) is 17.6. The van der Waals surface area contributed by atoms with E-state index in [1.54, 1.807) is 24.3 Å². The Balaban J connectivity index is 1.76. The highest BCUT2D eigenvalue weighted by Crippen LogP contribution is 2.34. The minimum absolute atomic E-state index is 0.0601. The Labute approximate surface area is 183 Å². The van der Waals surface area contributed by atoms with Gasteiger partial charge in [-0.05, 0) is 48.7 Å². The van der Waals surface area contributed by atoms with Gasteiger partial charge in [0.1, 0.15) is 0 Å². The van der Waals surface area contributed by atoms with Crippen LogP contribution in [0, 0.1) is 0 Å². The molecule has 1 aliphatic rings. The predicted molar refractivity (Wildman–Crippen MR) is 114 cm³/mol. The number of hydrogen-bond donors (Lipinski definition) is 2. The molecule has 0 aromatic heterocycles. The third-order valence-electron chi connectivity index (χ3n) is 5.03. The van der Waals surface area contributed by atoms with Gasteiger partial charge >= 0.3 is 6.18 Å². The first kappa shape index (κ1) is 23.3. The second-order valence-electron chi connectivity index (χ2n) is 7.60. The molecule has 2 N–H and O–H groups in total. The molecule has 0 radical (unpaired) electrons. The van der Waals surface area contributed by atoms with Crippen molar-refractivity contribution < 1.29 is 27.6 Å². The molecule has 170 valence electrons. The van der Waals surface area contributed by atoms with Crippen LogP contribution in [0.25, 0.3) is 0 Å². The molecular weight excluding hydrogens is 423 g/mol. The standard InChI is InChI=1S/C23H24F3N3O3/c1-2-5-20(30)28-18-7-3-6-15(10-18)14-27-22(32)16-11-17(23(24,25)26)13-19(12-16)29-9-4-8-21(29)31/h3,6-7,10-13H,2,4-5,8-9,14H2,1H3,(H,27,32)(H,28,30). The minimum Gasteiger partial charge on any atom is -0.348 e. The van der Waals surface area contributed by atoms with Crippen molar-refractivity contribution in [3.8, 4) is 0 Å². The molecule has 0 bridgehead atoms. The van der Waals surface area contributed by atoms with Crippen LogP contribution in [0.3, 0.4) is 0 Å². The van der Waals surface area contributed by atoms with Crippen LogP contribution < -0.4 is 15.5 Å². The highest BCUT2D eigenvalue weighted by atomic mass is 19.4. The lowest BCUT2D eigenvalue weighted by Gasteiger charge is -2.19. The fourth-order valence-corrected chi connectivity index (χ4v) is 3.48. The van der Waals surface area contributed by atoms with Gasteiger partial charge in [0.15, 0.2) is 0 Å². The Morgan fingerprint density at radius 1 is 1.12 bits per heavy atom. The Morgan fingerprint density at radius 3 is 2.56 bits per heavy atom. The van der Waals surface area contributed by atoms with Crippen molar-refractivity contribution >= 4 is 29.1 Å². The van der Waals surface area contributed by atoms with Crippen LogP contribution in [0.2, 0.25) is 0 Å². The molecule has 32 heavy (non-hydrogen) atoms. The van der Waals surface area contributed by atoms with E-state index in [1.165, 1.54) is 11.0 Å². The zero-order valence-corrected chi connectivity index (χ0v) is 17.6. The van der Waals surface area contributed by atoms with Gasteiger partial charge in [-0.25, -0.2) is 0 Å². The lowest BCUT2D eigenvalue weighted by atomic mass is 10.1. The molecule has 2 aromatic carbocycles. The molecule has 0 atom stereocenters. The molecule has 1 heterocycles. The normalized spacial score (nSPS) is 13.9. The number of carbonyl (C=O) groups excluding carboxylic acids is 3. The number of hydrogen-bond acceptors (Lipinski definition) is 3. The zero-order chi connectivity index (χ0) is 23.3. The summed E-state index contributed by atoms with van der Waals surface area (Å²) in [6.07, 6.45) is -2.73. The van der Waals surface area contributed by atoms with Gasteiger partial charge in [0.05, 0.1) is 5.56 Å². The summed E-state index contributed by atoms with van der Waals surface area (Å²) >= 11 is 0. The summed E-state index contributed by atoms with van der Waals surface area (Å²) < 4.78 is 40.1. The van der Waals surface area contributed by atoms with Gasteiger partial charge in [-0.3, -0.25) is 14.4 Å². The van der Waals surface area contributed by atoms with Crippen LogP contribution in [0.1, 0.15) is 54.1 Å². The average molecular weight is 447 g/mol. The fourth-order valence-electron chi connectivity index (χ4n) is 3.48. The van der Waals surface area contributed by atoms with Gasteiger partial charge in [-0.15, -0.1) is 0 Å². The summed E-state index contributed by atoms with van der Waals surface area (Å²) in [4.78, 5) is 37.7. The first-order valence-electron chi connectivity index (χ1n) is 10.4. The summed E-state index contributed by atoms with van der Waals surface area (Å²) in [5.74, 6) is -1.08. The third-order valence-corrected chi connectivity index (χ3v) is 5.03. The maximum atomic E-state index is 13.4. The Hall–Kier alpha value is -3.36. The number of carbonyl (C=O) groups is 3. The van der Waals surface area contributed by atoms with Gasteiger partial charge in [0.2, 0.25) is 11.8 Å². The van der Waals surface area contributed by atoms with Crippen molar-refractivity contribution in [2.24, 2.45) is 0 Å². The fraction of sp³-hybridized carbons (Fsp3) is 0.348. The van der Waals surface area contributed by atoms with E-state index in [0.717, 1.165) is 12.1 Å². The number of rotatable bonds is 7. The van der Waals surface area contributed by atoms with E-state index in [1.807, 2.05) is 6.92 Å². The molecule has 9 heteroatoms. The monoisotopic (exact) mass is 447 g/mol. The van der Waals surface area contributed by atoms with E-state index in [2.05, 4.69) is 10.6 Å². The molecule has 1 aliphatic heterocycles. The highest BCUT2D eigenvalue weighted by molar-refractivity contribution is 5.99. The number of nitrogens with one attached hydrogen (secondary N) is 2. The molecule has 3 amide bonds. The second-order valence-corrected chi connectivity index (χ2v) is 7.60. The summed E-state index contributed by atoms with van der Waals surface area (Å²) in [6, 6.07) is 9.82. The van der Waals surface area contributed by atoms with Crippen molar-refractivity contribution in [1.29, 1.82) is 0 Å². The van der Waals surface area contributed by atoms with E-state index < -0.39 is 17.6 Å². The maximum absolute atomic E-state index is 13.4. The molecule has 1 saturated heterocycles. The molecule has 3 rings (SSSR count). The highest BCUT2D eigenvalue weighted by Gasteiger charge is 2.33. The topological polar surface area (TPSA) is 78.5 Å². The summed E-state index contributed by atoms with van der Waals surface area (Å²) in [5, 5.41) is 5.36. The Bertz CT molecular complexity index is 1020. The molecule has 0 spiro atoms. The molecule has 2 aromatic rings. The van der Waals surface area contributed by atoms with Gasteiger partial charge in [-0.2, -0.15) is 13.2 Å². The van der Waals surface area contributed by atoms with Crippen LogP contribution in [0.5, 0.6) is 0 Å². The van der Waals surface area contributed by atoms with E-state index in [9.17, 15) is 27.6 Å². The van der Waals surface area contributed by atoms with E-state index in [-0.39, 0.29) is 36.0 Å². The van der Waals surface area contributed by atoms with Crippen molar-refractivity contribution in [2.45, 2.75) is 45.3 Å². The molecule has 0 unspecified atom stereocenters. The summed E-state index contributed by atoms with van der Waals surface area (Å²) in [6.45, 7) is 2.27. The smallest absolute Gasteiger partial charge is 0.348 e. The first-order chi connectivity index (χ1) is 15.2. The quantitative estimate of drug-likeness (QED) is 0.656. The number of benzene rings is 2. The van der Waals surface area contributed by atoms with Crippen molar-refractivity contribution in [3.63, 3.8) is 0 Å². The SMILES string of the molecule is CCCC(=O)Nc1cccc(CNC(=O)c2cc(N3CCCC3=O)cc(C(F)(F)F)c2)c1. The number of nitrogens with zero attached hydrogens (tertiary/aromatic N) is 1. The van der Waals surface area contributed by atoms with Crippen LogP contribution in [-0.2, 0) is 22.3 Å². The van der Waals surface area contributed by atoms with Crippen molar-refractivity contribution in [2.75, 3.05) is 16.8 Å². The molecule has 1 fully saturated rings. The van der Waals surface area contributed by atoms with Crippen LogP contribution >= 0.6 is 0 Å². The van der Waals surface area contributed by atoms with E-state index >= 15 is 0 Å². The van der Waals surface area contributed by atoms with Gasteiger partial charge in [-0.1, -0.05) is 19.1 Å². The molecule has 0 saturated carbocycles. The predicted octanol–water partition coefficient (Wildman–Crippen LogP) is 4.50. The second kappa shape index (κ2) is 9.84. The van der Waals surface area contributed by atoms with Crippen molar-refractivity contribution in [1.82, 2.24) is 5.32 Å². The third kappa shape index (κ3) is 5.87. The van der Waals surface area contributed by atoms with Gasteiger partial charge in [0, 0.05) is 42.9 Å². The minimum atomic E-state index is -4.65. The summed E-state index contributed by atoms with van der Waals surface area (Å²) in [7, 11) is 0. The van der Waals surface area contributed by atoms with E-state index in [0.29, 0.717) is 37.1 Å². The first-order valence-corrected chi connectivity index (χ1v) is 10.4. The van der Waals surface area contributed by atoms with Gasteiger partial charge < -0.3 is 15.5 Å². The van der Waals surface area contributed by atoms with Crippen LogP contribution in [-0.4, -0.2) is 24.3 Å². The van der Waals surface area contributed by atoms with Crippen LogP contribution in [0.4, 0.5) is 24.5 Å². The number of amides is 3. The molecular formula is C23H24F3N3O3. The average Bonchev–Trinajstić information content (AvgIpc) is 3.17.